The summed E-state index contributed by atoms with van der Waals surface area (Å²) in [6.45, 7) is 0. The minimum atomic E-state index is -0.429. The van der Waals surface area contributed by atoms with E-state index in [-0.39, 0.29) is 11.3 Å². The predicted octanol–water partition coefficient (Wildman–Crippen LogP) is 3.18. The number of carbonyl (C=O) groups excluding carboxylic acids is 1. The second kappa shape index (κ2) is 5.12. The average Bonchev–Trinajstić information content (AvgIpc) is 2.15. The molecule has 0 atom stereocenters. The standard InChI is InChI=1S/C10H10BrFO/c11-7-3-6-10(13)8-4-1-2-5-9(8)12/h1-2,4-5H,3,6-7H2. The maximum atomic E-state index is 13.0. The third-order valence-electron chi connectivity index (χ3n) is 1.71. The summed E-state index contributed by atoms with van der Waals surface area (Å²) < 4.78 is 13.0. The third kappa shape index (κ3) is 2.92. The summed E-state index contributed by atoms with van der Waals surface area (Å²) in [5.74, 6) is -0.556. The second-order valence-electron chi connectivity index (χ2n) is 2.70. The van der Waals surface area contributed by atoms with E-state index in [1.54, 1.807) is 12.1 Å². The van der Waals surface area contributed by atoms with Crippen molar-refractivity contribution in [1.82, 2.24) is 0 Å². The lowest BCUT2D eigenvalue weighted by Crippen LogP contribution is -2.01. The van der Waals surface area contributed by atoms with Gasteiger partial charge in [0.05, 0.1) is 5.56 Å². The van der Waals surface area contributed by atoms with Gasteiger partial charge in [0.2, 0.25) is 0 Å². The summed E-state index contributed by atoms with van der Waals surface area (Å²) in [5, 5.41) is 0.771. The smallest absolute Gasteiger partial charge is 0.165 e. The first-order chi connectivity index (χ1) is 6.25. The molecule has 13 heavy (non-hydrogen) atoms. The number of hydrogen-bond acceptors (Lipinski definition) is 1. The zero-order valence-corrected chi connectivity index (χ0v) is 8.68. The highest BCUT2D eigenvalue weighted by atomic mass is 79.9. The first-order valence-corrected chi connectivity index (χ1v) is 5.21. The van der Waals surface area contributed by atoms with E-state index in [1.165, 1.54) is 12.1 Å². The van der Waals surface area contributed by atoms with Crippen LogP contribution in [0.3, 0.4) is 0 Å². The molecule has 0 unspecified atom stereocenters. The Bertz CT molecular complexity index is 299. The van der Waals surface area contributed by atoms with Crippen LogP contribution in [-0.2, 0) is 0 Å². The first kappa shape index (κ1) is 10.4. The highest BCUT2D eigenvalue weighted by Crippen LogP contribution is 2.10. The van der Waals surface area contributed by atoms with Crippen molar-refractivity contribution in [3.8, 4) is 0 Å². The van der Waals surface area contributed by atoms with E-state index in [2.05, 4.69) is 15.9 Å². The molecular weight excluding hydrogens is 235 g/mol. The molecule has 0 amide bonds. The van der Waals surface area contributed by atoms with Crippen molar-refractivity contribution in [2.75, 3.05) is 5.33 Å². The average molecular weight is 245 g/mol. The number of ketones is 1. The van der Waals surface area contributed by atoms with Gasteiger partial charge < -0.3 is 0 Å². The Morgan fingerprint density at radius 2 is 2.08 bits per heavy atom. The molecule has 1 rings (SSSR count). The van der Waals surface area contributed by atoms with E-state index in [9.17, 15) is 9.18 Å². The van der Waals surface area contributed by atoms with E-state index in [1.807, 2.05) is 0 Å². The zero-order chi connectivity index (χ0) is 9.68. The van der Waals surface area contributed by atoms with Gasteiger partial charge in [-0.05, 0) is 18.6 Å². The summed E-state index contributed by atoms with van der Waals surface area (Å²) in [7, 11) is 0. The maximum Gasteiger partial charge on any atom is 0.165 e. The fourth-order valence-corrected chi connectivity index (χ4v) is 1.33. The molecule has 0 spiro atoms. The summed E-state index contributed by atoms with van der Waals surface area (Å²) in [4.78, 5) is 11.4. The maximum absolute atomic E-state index is 13.0. The third-order valence-corrected chi connectivity index (χ3v) is 2.27. The van der Waals surface area contributed by atoms with E-state index in [0.29, 0.717) is 6.42 Å². The van der Waals surface area contributed by atoms with Crippen LogP contribution in [0.2, 0.25) is 0 Å². The van der Waals surface area contributed by atoms with Gasteiger partial charge in [0.1, 0.15) is 5.82 Å². The molecule has 0 saturated heterocycles. The summed E-state index contributed by atoms with van der Waals surface area (Å²) in [6.07, 6.45) is 1.14. The molecule has 0 saturated carbocycles. The number of benzene rings is 1. The van der Waals surface area contributed by atoms with Crippen LogP contribution in [0.5, 0.6) is 0 Å². The lowest BCUT2D eigenvalue weighted by atomic mass is 10.1. The SMILES string of the molecule is O=C(CCCBr)c1ccccc1F. The Labute approximate surface area is 85.1 Å². The van der Waals surface area contributed by atoms with Crippen molar-refractivity contribution in [3.63, 3.8) is 0 Å². The molecule has 1 aromatic rings. The van der Waals surface area contributed by atoms with Gasteiger partial charge in [-0.2, -0.15) is 0 Å². The molecule has 0 heterocycles. The molecule has 0 bridgehead atoms. The molecule has 0 aliphatic rings. The van der Waals surface area contributed by atoms with Crippen molar-refractivity contribution in [1.29, 1.82) is 0 Å². The van der Waals surface area contributed by atoms with Crippen molar-refractivity contribution < 1.29 is 9.18 Å². The van der Waals surface area contributed by atoms with Crippen molar-refractivity contribution in [2.24, 2.45) is 0 Å². The molecule has 0 aliphatic carbocycles. The monoisotopic (exact) mass is 244 g/mol. The van der Waals surface area contributed by atoms with Crippen molar-refractivity contribution in [2.45, 2.75) is 12.8 Å². The van der Waals surface area contributed by atoms with E-state index < -0.39 is 5.82 Å². The Balaban J connectivity index is 2.71. The minimum absolute atomic E-state index is 0.127. The lowest BCUT2D eigenvalue weighted by Gasteiger charge is -2.00. The molecule has 3 heteroatoms. The molecule has 0 N–H and O–H groups in total. The molecule has 1 aromatic carbocycles. The molecule has 70 valence electrons. The minimum Gasteiger partial charge on any atom is -0.294 e. The largest absolute Gasteiger partial charge is 0.294 e. The van der Waals surface area contributed by atoms with Crippen LogP contribution < -0.4 is 0 Å². The van der Waals surface area contributed by atoms with Crippen LogP contribution in [0.4, 0.5) is 4.39 Å². The van der Waals surface area contributed by atoms with Crippen LogP contribution in [0.25, 0.3) is 0 Å². The Hall–Kier alpha value is -0.700. The van der Waals surface area contributed by atoms with Gasteiger partial charge >= 0.3 is 0 Å². The van der Waals surface area contributed by atoms with Gasteiger partial charge in [-0.1, -0.05) is 28.1 Å². The number of alkyl halides is 1. The fraction of sp³-hybridized carbons (Fsp3) is 0.300. The van der Waals surface area contributed by atoms with Crippen LogP contribution in [0, 0.1) is 5.82 Å². The van der Waals surface area contributed by atoms with Gasteiger partial charge in [0.15, 0.2) is 5.78 Å². The van der Waals surface area contributed by atoms with Gasteiger partial charge in [-0.25, -0.2) is 4.39 Å². The van der Waals surface area contributed by atoms with Crippen molar-refractivity contribution in [3.05, 3.63) is 35.6 Å². The lowest BCUT2D eigenvalue weighted by molar-refractivity contribution is 0.0978. The molecule has 0 fully saturated rings. The summed E-state index contributed by atoms with van der Waals surface area (Å²) >= 11 is 3.22. The fourth-order valence-electron chi connectivity index (χ4n) is 1.05. The van der Waals surface area contributed by atoms with Gasteiger partial charge in [0, 0.05) is 11.8 Å². The normalized spacial score (nSPS) is 10.0. The van der Waals surface area contributed by atoms with Gasteiger partial charge in [0.25, 0.3) is 0 Å². The first-order valence-electron chi connectivity index (χ1n) is 4.09. The molecule has 0 aliphatic heterocycles. The predicted molar refractivity (Wildman–Crippen MR) is 53.8 cm³/mol. The number of halogens is 2. The van der Waals surface area contributed by atoms with Gasteiger partial charge in [-0.15, -0.1) is 0 Å². The van der Waals surface area contributed by atoms with Crippen LogP contribution in [0.1, 0.15) is 23.2 Å². The van der Waals surface area contributed by atoms with Crippen LogP contribution in [-0.4, -0.2) is 11.1 Å². The van der Waals surface area contributed by atoms with E-state index in [4.69, 9.17) is 0 Å². The topological polar surface area (TPSA) is 17.1 Å². The molecule has 0 aromatic heterocycles. The number of hydrogen-bond donors (Lipinski definition) is 0. The second-order valence-corrected chi connectivity index (χ2v) is 3.49. The van der Waals surface area contributed by atoms with E-state index >= 15 is 0 Å². The number of Topliss-reactive ketones (excluding diaryl/α,β-unsaturated/α-hetero) is 1. The van der Waals surface area contributed by atoms with Crippen molar-refractivity contribution >= 4 is 21.7 Å². The Morgan fingerprint density at radius 1 is 1.38 bits per heavy atom. The highest BCUT2D eigenvalue weighted by Gasteiger charge is 2.09. The Kier molecular flexibility index (Phi) is 4.09. The molecular formula is C10H10BrFO. The zero-order valence-electron chi connectivity index (χ0n) is 7.09. The quantitative estimate of drug-likeness (QED) is 0.588. The highest BCUT2D eigenvalue weighted by molar-refractivity contribution is 9.09. The van der Waals surface area contributed by atoms with E-state index in [0.717, 1.165) is 11.8 Å². The summed E-state index contributed by atoms with van der Waals surface area (Å²) in [6, 6.07) is 6.08. The molecule has 0 radical (unpaired) electrons. The number of rotatable bonds is 4. The van der Waals surface area contributed by atoms with Crippen LogP contribution >= 0.6 is 15.9 Å². The Morgan fingerprint density at radius 3 is 2.69 bits per heavy atom. The summed E-state index contributed by atoms with van der Waals surface area (Å²) in [5.41, 5.74) is 0.198. The van der Waals surface area contributed by atoms with Crippen LogP contribution in [0.15, 0.2) is 24.3 Å². The molecule has 1 nitrogen and oxygen atoms in total. The van der Waals surface area contributed by atoms with Gasteiger partial charge in [-0.3, -0.25) is 4.79 Å². The number of carbonyl (C=O) groups is 1.